The minimum atomic E-state index is 0.705. The molecule has 0 amide bonds. The molecule has 2 aromatic heterocycles. The van der Waals surface area contributed by atoms with Gasteiger partial charge in [-0.25, -0.2) is 9.97 Å². The summed E-state index contributed by atoms with van der Waals surface area (Å²) in [6, 6.07) is 8.21. The van der Waals surface area contributed by atoms with Crippen LogP contribution in [-0.2, 0) is 13.0 Å². The van der Waals surface area contributed by atoms with Crippen LogP contribution < -0.4 is 0 Å². The van der Waals surface area contributed by atoms with Crippen molar-refractivity contribution in [1.29, 1.82) is 0 Å². The van der Waals surface area contributed by atoms with Crippen molar-refractivity contribution < 1.29 is 0 Å². The van der Waals surface area contributed by atoms with Gasteiger partial charge in [-0.3, -0.25) is 9.88 Å². The molecular formula is C17H22N4. The molecule has 1 aliphatic rings. The highest BCUT2D eigenvalue weighted by Crippen LogP contribution is 2.21. The lowest BCUT2D eigenvalue weighted by atomic mass is 9.93. The van der Waals surface area contributed by atoms with Gasteiger partial charge in [0, 0.05) is 31.2 Å². The second kappa shape index (κ2) is 6.76. The first kappa shape index (κ1) is 14.1. The van der Waals surface area contributed by atoms with Crippen LogP contribution in [0.5, 0.6) is 0 Å². The molecule has 3 heterocycles. The summed E-state index contributed by atoms with van der Waals surface area (Å²) in [7, 11) is 0. The van der Waals surface area contributed by atoms with Gasteiger partial charge < -0.3 is 0 Å². The Hall–Kier alpha value is -1.81. The fourth-order valence-electron chi connectivity index (χ4n) is 3.10. The van der Waals surface area contributed by atoms with Gasteiger partial charge in [-0.05, 0) is 56.8 Å². The highest BCUT2D eigenvalue weighted by Gasteiger charge is 2.20. The monoisotopic (exact) mass is 282 g/mol. The highest BCUT2D eigenvalue weighted by molar-refractivity contribution is 5.05. The molecule has 0 N–H and O–H groups in total. The minimum absolute atomic E-state index is 0.705. The Kier molecular flexibility index (Phi) is 4.55. The SMILES string of the molecule is Cc1nccc(CN2CCCC(Cc3ccccn3)C2)n1. The zero-order valence-electron chi connectivity index (χ0n) is 12.6. The number of aromatic nitrogens is 3. The van der Waals surface area contributed by atoms with Gasteiger partial charge in [-0.1, -0.05) is 6.07 Å². The summed E-state index contributed by atoms with van der Waals surface area (Å²) in [6.07, 6.45) is 7.39. The van der Waals surface area contributed by atoms with Crippen molar-refractivity contribution >= 4 is 0 Å². The number of hydrogen-bond donors (Lipinski definition) is 0. The lowest BCUT2D eigenvalue weighted by Gasteiger charge is -2.32. The zero-order chi connectivity index (χ0) is 14.5. The van der Waals surface area contributed by atoms with Crippen molar-refractivity contribution in [2.45, 2.75) is 32.7 Å². The van der Waals surface area contributed by atoms with E-state index in [1.165, 1.54) is 25.1 Å². The maximum Gasteiger partial charge on any atom is 0.125 e. The summed E-state index contributed by atoms with van der Waals surface area (Å²) in [5.41, 5.74) is 2.34. The summed E-state index contributed by atoms with van der Waals surface area (Å²) in [4.78, 5) is 15.6. The Morgan fingerprint density at radius 3 is 2.90 bits per heavy atom. The smallest absolute Gasteiger partial charge is 0.125 e. The Bertz CT molecular complexity index is 570. The first-order valence-electron chi connectivity index (χ1n) is 7.70. The lowest BCUT2D eigenvalue weighted by Crippen LogP contribution is -2.36. The molecule has 0 bridgehead atoms. The second-order valence-corrected chi connectivity index (χ2v) is 5.86. The zero-order valence-corrected chi connectivity index (χ0v) is 12.6. The molecule has 1 saturated heterocycles. The third-order valence-corrected chi connectivity index (χ3v) is 4.05. The van der Waals surface area contributed by atoms with E-state index in [0.717, 1.165) is 31.0 Å². The quantitative estimate of drug-likeness (QED) is 0.864. The molecule has 4 heteroatoms. The topological polar surface area (TPSA) is 41.9 Å². The van der Waals surface area contributed by atoms with Crippen LogP contribution in [-0.4, -0.2) is 32.9 Å². The predicted molar refractivity (Wildman–Crippen MR) is 82.7 cm³/mol. The molecule has 1 atom stereocenters. The molecule has 21 heavy (non-hydrogen) atoms. The molecule has 0 radical (unpaired) electrons. The van der Waals surface area contributed by atoms with Gasteiger partial charge in [0.25, 0.3) is 0 Å². The third kappa shape index (κ3) is 4.08. The van der Waals surface area contributed by atoms with Gasteiger partial charge in [0.1, 0.15) is 5.82 Å². The molecule has 2 aromatic rings. The van der Waals surface area contributed by atoms with Gasteiger partial charge in [0.15, 0.2) is 0 Å². The number of piperidine rings is 1. The van der Waals surface area contributed by atoms with E-state index >= 15 is 0 Å². The van der Waals surface area contributed by atoms with E-state index in [4.69, 9.17) is 0 Å². The molecular weight excluding hydrogens is 260 g/mol. The molecule has 1 aliphatic heterocycles. The largest absolute Gasteiger partial charge is 0.297 e. The number of rotatable bonds is 4. The van der Waals surface area contributed by atoms with Crippen molar-refractivity contribution in [3.63, 3.8) is 0 Å². The molecule has 0 saturated carbocycles. The number of pyridine rings is 1. The summed E-state index contributed by atoms with van der Waals surface area (Å²) < 4.78 is 0. The lowest BCUT2D eigenvalue weighted by molar-refractivity contribution is 0.164. The third-order valence-electron chi connectivity index (χ3n) is 4.05. The van der Waals surface area contributed by atoms with Crippen molar-refractivity contribution in [2.75, 3.05) is 13.1 Å². The maximum atomic E-state index is 4.51. The Balaban J connectivity index is 1.58. The van der Waals surface area contributed by atoms with Crippen LogP contribution in [0.15, 0.2) is 36.7 Å². The minimum Gasteiger partial charge on any atom is -0.297 e. The van der Waals surface area contributed by atoms with Crippen molar-refractivity contribution in [3.05, 3.63) is 53.9 Å². The number of nitrogens with zero attached hydrogens (tertiary/aromatic N) is 4. The summed E-state index contributed by atoms with van der Waals surface area (Å²) in [5, 5.41) is 0. The molecule has 0 spiro atoms. The molecule has 0 aromatic carbocycles. The van der Waals surface area contributed by atoms with Gasteiger partial charge in [0.05, 0.1) is 5.69 Å². The molecule has 110 valence electrons. The number of aryl methyl sites for hydroxylation is 1. The molecule has 1 fully saturated rings. The number of hydrogen-bond acceptors (Lipinski definition) is 4. The van der Waals surface area contributed by atoms with E-state index in [1.54, 1.807) is 0 Å². The summed E-state index contributed by atoms with van der Waals surface area (Å²) in [6.45, 7) is 5.19. The molecule has 1 unspecified atom stereocenters. The fraction of sp³-hybridized carbons (Fsp3) is 0.471. The molecule has 0 aliphatic carbocycles. The first-order chi connectivity index (χ1) is 10.3. The maximum absolute atomic E-state index is 4.51. The van der Waals surface area contributed by atoms with Crippen LogP contribution >= 0.6 is 0 Å². The first-order valence-corrected chi connectivity index (χ1v) is 7.70. The average molecular weight is 282 g/mol. The predicted octanol–water partition coefficient (Wildman–Crippen LogP) is 2.63. The number of likely N-dealkylation sites (tertiary alicyclic amines) is 1. The average Bonchev–Trinajstić information content (AvgIpc) is 2.49. The highest BCUT2D eigenvalue weighted by atomic mass is 15.1. The summed E-state index contributed by atoms with van der Waals surface area (Å²) >= 11 is 0. The van der Waals surface area contributed by atoms with Crippen molar-refractivity contribution in [2.24, 2.45) is 5.92 Å². The standard InChI is InChI=1S/C17H22N4/c1-14-18-9-7-17(20-14)13-21-10-4-5-15(12-21)11-16-6-2-3-8-19-16/h2-3,6-9,15H,4-5,10-13H2,1H3. The van der Waals surface area contributed by atoms with Crippen LogP contribution in [0, 0.1) is 12.8 Å². The molecule has 3 rings (SSSR count). The Morgan fingerprint density at radius 1 is 1.14 bits per heavy atom. The van der Waals surface area contributed by atoms with E-state index in [2.05, 4.69) is 32.0 Å². The van der Waals surface area contributed by atoms with Gasteiger partial charge >= 0.3 is 0 Å². The van der Waals surface area contributed by atoms with Crippen molar-refractivity contribution in [1.82, 2.24) is 19.9 Å². The van der Waals surface area contributed by atoms with Crippen LogP contribution in [0.2, 0.25) is 0 Å². The van der Waals surface area contributed by atoms with Crippen molar-refractivity contribution in [3.8, 4) is 0 Å². The van der Waals surface area contributed by atoms with E-state index in [0.29, 0.717) is 5.92 Å². The van der Waals surface area contributed by atoms with Gasteiger partial charge in [-0.2, -0.15) is 0 Å². The van der Waals surface area contributed by atoms with Crippen LogP contribution in [0.4, 0.5) is 0 Å². The van der Waals surface area contributed by atoms with E-state index in [-0.39, 0.29) is 0 Å². The van der Waals surface area contributed by atoms with E-state index < -0.39 is 0 Å². The van der Waals surface area contributed by atoms with E-state index in [1.807, 2.05) is 31.5 Å². The Labute approximate surface area is 126 Å². The van der Waals surface area contributed by atoms with E-state index in [9.17, 15) is 0 Å². The Morgan fingerprint density at radius 2 is 2.10 bits per heavy atom. The van der Waals surface area contributed by atoms with Crippen LogP contribution in [0.3, 0.4) is 0 Å². The summed E-state index contributed by atoms with van der Waals surface area (Å²) in [5.74, 6) is 1.56. The molecule has 4 nitrogen and oxygen atoms in total. The van der Waals surface area contributed by atoms with Gasteiger partial charge in [0.2, 0.25) is 0 Å². The second-order valence-electron chi connectivity index (χ2n) is 5.86. The normalized spacial score (nSPS) is 19.6. The van der Waals surface area contributed by atoms with Crippen LogP contribution in [0.1, 0.15) is 30.1 Å². The fourth-order valence-corrected chi connectivity index (χ4v) is 3.10. The van der Waals surface area contributed by atoms with Gasteiger partial charge in [-0.15, -0.1) is 0 Å². The van der Waals surface area contributed by atoms with Crippen LogP contribution in [0.25, 0.3) is 0 Å².